The third kappa shape index (κ3) is 4.43. The molecule has 1 aromatic carbocycles. The molecule has 0 amide bonds. The predicted octanol–water partition coefficient (Wildman–Crippen LogP) is 3.63. The molecule has 0 aliphatic rings. The second kappa shape index (κ2) is 7.99. The summed E-state index contributed by atoms with van der Waals surface area (Å²) < 4.78 is 2.17. The fourth-order valence-corrected chi connectivity index (χ4v) is 2.69. The summed E-state index contributed by atoms with van der Waals surface area (Å²) in [5.74, 6) is 0. The van der Waals surface area contributed by atoms with Crippen LogP contribution in [-0.4, -0.2) is 16.3 Å². The summed E-state index contributed by atoms with van der Waals surface area (Å²) in [6.07, 6.45) is 3.55. The maximum atomic E-state index is 4.68. The molecule has 3 nitrogen and oxygen atoms in total. The molecule has 2 rings (SSSR count). The average molecular weight is 285 g/mol. The Hall–Kier alpha value is -1.61. The van der Waals surface area contributed by atoms with E-state index in [1.165, 1.54) is 29.7 Å². The molecule has 1 heterocycles. The largest absolute Gasteiger partial charge is 0.313 e. The standard InChI is InChI=1S/C18H27N3/c1-4-19-14-18-15(2)20-21(16(18)3)13-9-8-12-17-10-6-5-7-11-17/h5-7,10-11,19H,4,8-9,12-14H2,1-3H3. The lowest BCUT2D eigenvalue weighted by molar-refractivity contribution is 0.542. The van der Waals surface area contributed by atoms with Crippen molar-refractivity contribution < 1.29 is 0 Å². The van der Waals surface area contributed by atoms with Gasteiger partial charge in [0.15, 0.2) is 0 Å². The first-order chi connectivity index (χ1) is 10.2. The molecule has 0 radical (unpaired) electrons. The van der Waals surface area contributed by atoms with Crippen LogP contribution in [-0.2, 0) is 19.5 Å². The van der Waals surface area contributed by atoms with Crippen molar-refractivity contribution in [1.82, 2.24) is 15.1 Å². The van der Waals surface area contributed by atoms with E-state index in [0.717, 1.165) is 31.7 Å². The van der Waals surface area contributed by atoms with Crippen LogP contribution >= 0.6 is 0 Å². The Morgan fingerprint density at radius 1 is 1.10 bits per heavy atom. The summed E-state index contributed by atoms with van der Waals surface area (Å²) in [5.41, 5.74) is 5.27. The highest BCUT2D eigenvalue weighted by molar-refractivity contribution is 5.24. The van der Waals surface area contributed by atoms with E-state index >= 15 is 0 Å². The number of aryl methyl sites for hydroxylation is 3. The van der Waals surface area contributed by atoms with Crippen LogP contribution in [0.25, 0.3) is 0 Å². The van der Waals surface area contributed by atoms with Gasteiger partial charge < -0.3 is 5.32 Å². The second-order valence-corrected chi connectivity index (χ2v) is 5.60. The molecular weight excluding hydrogens is 258 g/mol. The molecule has 0 fully saturated rings. The van der Waals surface area contributed by atoms with E-state index < -0.39 is 0 Å². The van der Waals surface area contributed by atoms with Gasteiger partial charge in [0.25, 0.3) is 0 Å². The van der Waals surface area contributed by atoms with Crippen molar-refractivity contribution in [1.29, 1.82) is 0 Å². The quantitative estimate of drug-likeness (QED) is 0.751. The molecule has 2 aromatic rings. The summed E-state index contributed by atoms with van der Waals surface area (Å²) in [4.78, 5) is 0. The Morgan fingerprint density at radius 2 is 1.86 bits per heavy atom. The monoisotopic (exact) mass is 285 g/mol. The summed E-state index contributed by atoms with van der Waals surface area (Å²) >= 11 is 0. The lowest BCUT2D eigenvalue weighted by Gasteiger charge is -2.06. The highest BCUT2D eigenvalue weighted by Crippen LogP contribution is 2.14. The molecule has 21 heavy (non-hydrogen) atoms. The van der Waals surface area contributed by atoms with Crippen LogP contribution in [0.5, 0.6) is 0 Å². The summed E-state index contributed by atoms with van der Waals surface area (Å²) in [7, 11) is 0. The number of nitrogens with zero attached hydrogens (tertiary/aromatic N) is 2. The SMILES string of the molecule is CCNCc1c(C)nn(CCCCc2ccccc2)c1C. The van der Waals surface area contributed by atoms with Crippen molar-refractivity contribution in [2.24, 2.45) is 0 Å². The summed E-state index contributed by atoms with van der Waals surface area (Å²) in [6, 6.07) is 10.7. The average Bonchev–Trinajstić information content (AvgIpc) is 2.77. The minimum Gasteiger partial charge on any atom is -0.313 e. The number of rotatable bonds is 8. The number of hydrogen-bond donors (Lipinski definition) is 1. The Labute approximate surface area is 128 Å². The van der Waals surface area contributed by atoms with Crippen molar-refractivity contribution in [2.75, 3.05) is 6.54 Å². The summed E-state index contributed by atoms with van der Waals surface area (Å²) in [5, 5.41) is 8.08. The molecule has 1 N–H and O–H groups in total. The second-order valence-electron chi connectivity index (χ2n) is 5.60. The highest BCUT2D eigenvalue weighted by atomic mass is 15.3. The van der Waals surface area contributed by atoms with Gasteiger partial charge in [0.05, 0.1) is 5.69 Å². The molecule has 0 saturated carbocycles. The van der Waals surface area contributed by atoms with Gasteiger partial charge in [-0.05, 0) is 45.2 Å². The van der Waals surface area contributed by atoms with Crippen LogP contribution in [0.15, 0.2) is 30.3 Å². The van der Waals surface area contributed by atoms with Gasteiger partial charge in [-0.2, -0.15) is 5.10 Å². The molecule has 1 aromatic heterocycles. The van der Waals surface area contributed by atoms with Gasteiger partial charge in [0.1, 0.15) is 0 Å². The van der Waals surface area contributed by atoms with Crippen LogP contribution in [0.1, 0.15) is 42.3 Å². The van der Waals surface area contributed by atoms with E-state index in [0.29, 0.717) is 0 Å². The Morgan fingerprint density at radius 3 is 2.57 bits per heavy atom. The van der Waals surface area contributed by atoms with E-state index in [2.05, 4.69) is 66.2 Å². The third-order valence-corrected chi connectivity index (χ3v) is 4.01. The zero-order valence-electron chi connectivity index (χ0n) is 13.5. The van der Waals surface area contributed by atoms with Gasteiger partial charge in [-0.15, -0.1) is 0 Å². The third-order valence-electron chi connectivity index (χ3n) is 4.01. The van der Waals surface area contributed by atoms with Gasteiger partial charge in [-0.3, -0.25) is 4.68 Å². The number of unbranched alkanes of at least 4 members (excludes halogenated alkanes) is 1. The predicted molar refractivity (Wildman–Crippen MR) is 88.5 cm³/mol. The van der Waals surface area contributed by atoms with Gasteiger partial charge in [0, 0.05) is 24.3 Å². The van der Waals surface area contributed by atoms with E-state index in [1.807, 2.05) is 0 Å². The minimum atomic E-state index is 0.929. The first kappa shape index (κ1) is 15.8. The molecule has 0 spiro atoms. The molecule has 0 atom stereocenters. The minimum absolute atomic E-state index is 0.929. The maximum Gasteiger partial charge on any atom is 0.0641 e. The molecule has 0 aliphatic carbocycles. The van der Waals surface area contributed by atoms with Crippen molar-refractivity contribution in [3.05, 3.63) is 52.8 Å². The van der Waals surface area contributed by atoms with Gasteiger partial charge in [-0.25, -0.2) is 0 Å². The van der Waals surface area contributed by atoms with Crippen LogP contribution < -0.4 is 5.32 Å². The Bertz CT molecular complexity index is 543. The van der Waals surface area contributed by atoms with Crippen molar-refractivity contribution in [2.45, 2.75) is 53.1 Å². The molecule has 0 unspecified atom stereocenters. The van der Waals surface area contributed by atoms with E-state index in [9.17, 15) is 0 Å². The van der Waals surface area contributed by atoms with E-state index in [-0.39, 0.29) is 0 Å². The number of aromatic nitrogens is 2. The first-order valence-corrected chi connectivity index (χ1v) is 8.00. The van der Waals surface area contributed by atoms with Gasteiger partial charge >= 0.3 is 0 Å². The normalized spacial score (nSPS) is 11.0. The number of hydrogen-bond acceptors (Lipinski definition) is 2. The maximum absolute atomic E-state index is 4.68. The van der Waals surface area contributed by atoms with E-state index in [4.69, 9.17) is 0 Å². The Kier molecular flexibility index (Phi) is 6.00. The topological polar surface area (TPSA) is 29.9 Å². The van der Waals surface area contributed by atoms with E-state index in [1.54, 1.807) is 0 Å². The van der Waals surface area contributed by atoms with Crippen LogP contribution in [0.4, 0.5) is 0 Å². The van der Waals surface area contributed by atoms with Crippen LogP contribution in [0, 0.1) is 13.8 Å². The van der Waals surface area contributed by atoms with Gasteiger partial charge in [-0.1, -0.05) is 37.3 Å². The molecule has 0 bridgehead atoms. The number of benzene rings is 1. The lowest BCUT2D eigenvalue weighted by atomic mass is 10.1. The smallest absolute Gasteiger partial charge is 0.0641 e. The lowest BCUT2D eigenvalue weighted by Crippen LogP contribution is -2.13. The Balaban J connectivity index is 1.83. The fraction of sp³-hybridized carbons (Fsp3) is 0.500. The molecule has 0 aliphatic heterocycles. The summed E-state index contributed by atoms with van der Waals surface area (Å²) in [6.45, 7) is 9.38. The van der Waals surface area contributed by atoms with Gasteiger partial charge in [0.2, 0.25) is 0 Å². The number of nitrogens with one attached hydrogen (secondary N) is 1. The van der Waals surface area contributed by atoms with Crippen molar-refractivity contribution in [3.63, 3.8) is 0 Å². The highest BCUT2D eigenvalue weighted by Gasteiger charge is 2.10. The van der Waals surface area contributed by atoms with Crippen molar-refractivity contribution >= 4 is 0 Å². The van der Waals surface area contributed by atoms with Crippen LogP contribution in [0.3, 0.4) is 0 Å². The molecule has 114 valence electrons. The van der Waals surface area contributed by atoms with Crippen LogP contribution in [0.2, 0.25) is 0 Å². The molecule has 0 saturated heterocycles. The first-order valence-electron chi connectivity index (χ1n) is 8.00. The molecule has 3 heteroatoms. The fourth-order valence-electron chi connectivity index (χ4n) is 2.69. The van der Waals surface area contributed by atoms with Crippen molar-refractivity contribution in [3.8, 4) is 0 Å². The zero-order valence-corrected chi connectivity index (χ0v) is 13.5. The zero-order chi connectivity index (χ0) is 15.1. The molecular formula is C18H27N3.